The fourth-order valence-electron chi connectivity index (χ4n) is 0.217. The summed E-state index contributed by atoms with van der Waals surface area (Å²) in [6.07, 6.45) is 0. The highest BCUT2D eigenvalue weighted by Gasteiger charge is 1.90. The van der Waals surface area contributed by atoms with Crippen molar-refractivity contribution in [1.29, 1.82) is 0 Å². The second kappa shape index (κ2) is 4.38. The quantitative estimate of drug-likeness (QED) is 0.365. The van der Waals surface area contributed by atoms with Crippen molar-refractivity contribution in [3.63, 3.8) is 0 Å². The summed E-state index contributed by atoms with van der Waals surface area (Å²) in [6, 6.07) is 0. The Balaban J connectivity index is 3.31. The van der Waals surface area contributed by atoms with Gasteiger partial charge in [0.25, 0.3) is 0 Å². The topological polar surface area (TPSA) is 38.7 Å². The van der Waals surface area contributed by atoms with Crippen LogP contribution in [0.1, 0.15) is 13.8 Å². The molecule has 0 atom stereocenters. The molecule has 0 aromatic carbocycles. The maximum Gasteiger partial charge on any atom is 0.226 e. The minimum Gasteiger partial charge on any atom is -0.387 e. The van der Waals surface area contributed by atoms with E-state index in [0.29, 0.717) is 0 Å². The third-order valence-electron chi connectivity index (χ3n) is 0.435. The third-order valence-corrected chi connectivity index (χ3v) is 0.564. The SMILES string of the molecule is CC(C)=NOCC(=O)S. The molecule has 4 heteroatoms. The van der Waals surface area contributed by atoms with Crippen LogP contribution in [0.15, 0.2) is 5.16 Å². The molecule has 0 fully saturated rings. The van der Waals surface area contributed by atoms with Crippen LogP contribution in [0, 0.1) is 0 Å². The first-order valence-corrected chi connectivity index (χ1v) is 2.92. The van der Waals surface area contributed by atoms with E-state index in [1.54, 1.807) is 13.8 Å². The monoisotopic (exact) mass is 147 g/mol. The van der Waals surface area contributed by atoms with Crippen LogP contribution < -0.4 is 0 Å². The van der Waals surface area contributed by atoms with Gasteiger partial charge in [-0.05, 0) is 13.8 Å². The van der Waals surface area contributed by atoms with Crippen molar-refractivity contribution >= 4 is 23.5 Å². The molecule has 0 heterocycles. The van der Waals surface area contributed by atoms with Crippen molar-refractivity contribution in [2.45, 2.75) is 13.8 Å². The Hall–Kier alpha value is -0.510. The van der Waals surface area contributed by atoms with E-state index in [1.165, 1.54) is 0 Å². The van der Waals surface area contributed by atoms with Crippen molar-refractivity contribution in [2.24, 2.45) is 5.16 Å². The first-order valence-electron chi connectivity index (χ1n) is 2.48. The lowest BCUT2D eigenvalue weighted by atomic mass is 10.5. The summed E-state index contributed by atoms with van der Waals surface area (Å²) >= 11 is 3.47. The molecule has 0 spiro atoms. The standard InChI is InChI=1S/C5H9NO2S/c1-4(2)6-8-3-5(7)9/h3H2,1-2H3,(H,7,9). The normalized spacial score (nSPS) is 8.33. The Labute approximate surface area is 59.5 Å². The number of oxime groups is 1. The highest BCUT2D eigenvalue weighted by molar-refractivity contribution is 7.96. The lowest BCUT2D eigenvalue weighted by molar-refractivity contribution is -0.114. The van der Waals surface area contributed by atoms with Crippen molar-refractivity contribution in [3.05, 3.63) is 0 Å². The molecule has 0 aliphatic heterocycles. The number of hydrogen-bond acceptors (Lipinski definition) is 3. The Morgan fingerprint density at radius 1 is 1.67 bits per heavy atom. The van der Waals surface area contributed by atoms with Crippen molar-refractivity contribution in [1.82, 2.24) is 0 Å². The van der Waals surface area contributed by atoms with Crippen molar-refractivity contribution in [3.8, 4) is 0 Å². The van der Waals surface area contributed by atoms with Crippen LogP contribution in [0.4, 0.5) is 0 Å². The third kappa shape index (κ3) is 7.49. The minimum atomic E-state index is -0.319. The van der Waals surface area contributed by atoms with Gasteiger partial charge in [-0.25, -0.2) is 0 Å². The van der Waals surface area contributed by atoms with Gasteiger partial charge in [0.05, 0.1) is 5.71 Å². The zero-order valence-electron chi connectivity index (χ0n) is 5.42. The molecule has 52 valence electrons. The van der Waals surface area contributed by atoms with Gasteiger partial charge in [-0.15, -0.1) is 12.6 Å². The first kappa shape index (κ1) is 8.49. The van der Waals surface area contributed by atoms with E-state index in [1.807, 2.05) is 0 Å². The maximum atomic E-state index is 10.1. The Morgan fingerprint density at radius 2 is 2.22 bits per heavy atom. The van der Waals surface area contributed by atoms with E-state index < -0.39 is 0 Å². The van der Waals surface area contributed by atoms with Gasteiger partial charge >= 0.3 is 0 Å². The summed E-state index contributed by atoms with van der Waals surface area (Å²) in [5.74, 6) is 0. The van der Waals surface area contributed by atoms with Gasteiger partial charge in [-0.3, -0.25) is 4.79 Å². The van der Waals surface area contributed by atoms with Gasteiger partial charge in [-0.1, -0.05) is 5.16 Å². The van der Waals surface area contributed by atoms with Gasteiger partial charge in [0, 0.05) is 0 Å². The molecule has 0 amide bonds. The van der Waals surface area contributed by atoms with E-state index >= 15 is 0 Å². The number of hydrogen-bond donors (Lipinski definition) is 1. The summed E-state index contributed by atoms with van der Waals surface area (Å²) in [4.78, 5) is 14.6. The number of carbonyl (C=O) groups is 1. The Kier molecular flexibility index (Phi) is 4.13. The average molecular weight is 147 g/mol. The van der Waals surface area contributed by atoms with E-state index in [2.05, 4.69) is 22.6 Å². The molecule has 0 unspecified atom stereocenters. The molecule has 0 aromatic rings. The molecule has 0 N–H and O–H groups in total. The number of nitrogens with zero attached hydrogens (tertiary/aromatic N) is 1. The summed E-state index contributed by atoms with van der Waals surface area (Å²) in [6.45, 7) is 3.50. The molecule has 3 nitrogen and oxygen atoms in total. The molecule has 9 heavy (non-hydrogen) atoms. The van der Waals surface area contributed by atoms with Crippen LogP contribution in [-0.4, -0.2) is 17.4 Å². The number of rotatable bonds is 3. The van der Waals surface area contributed by atoms with Crippen molar-refractivity contribution < 1.29 is 9.63 Å². The van der Waals surface area contributed by atoms with Gasteiger partial charge < -0.3 is 4.84 Å². The van der Waals surface area contributed by atoms with Gasteiger partial charge in [0.15, 0.2) is 6.61 Å². The Bertz CT molecular complexity index is 129. The fraction of sp³-hybridized carbons (Fsp3) is 0.600. The molecule has 0 aliphatic carbocycles. The number of carbonyl (C=O) groups excluding carboxylic acids is 1. The molecular weight excluding hydrogens is 138 g/mol. The van der Waals surface area contributed by atoms with Crippen LogP contribution in [-0.2, 0) is 9.63 Å². The highest BCUT2D eigenvalue weighted by atomic mass is 32.1. The largest absolute Gasteiger partial charge is 0.387 e. The smallest absolute Gasteiger partial charge is 0.226 e. The Morgan fingerprint density at radius 3 is 2.56 bits per heavy atom. The molecule has 0 radical (unpaired) electrons. The highest BCUT2D eigenvalue weighted by Crippen LogP contribution is 1.83. The van der Waals surface area contributed by atoms with E-state index in [-0.39, 0.29) is 11.7 Å². The minimum absolute atomic E-state index is 0.0612. The molecule has 0 aliphatic rings. The molecule has 0 rings (SSSR count). The molecule has 0 saturated carbocycles. The summed E-state index contributed by atoms with van der Waals surface area (Å²) in [5.41, 5.74) is 0.782. The zero-order chi connectivity index (χ0) is 7.28. The van der Waals surface area contributed by atoms with Crippen LogP contribution in [0.5, 0.6) is 0 Å². The molecular formula is C5H9NO2S. The summed E-state index contributed by atoms with van der Waals surface area (Å²) in [5, 5.41) is 3.19. The predicted molar refractivity (Wildman–Crippen MR) is 38.7 cm³/mol. The molecule has 0 aromatic heterocycles. The average Bonchev–Trinajstić information content (AvgIpc) is 1.63. The predicted octanol–water partition coefficient (Wildman–Crippen LogP) is 0.855. The van der Waals surface area contributed by atoms with Gasteiger partial charge in [0.2, 0.25) is 5.12 Å². The lowest BCUT2D eigenvalue weighted by Crippen LogP contribution is -1.97. The second-order valence-electron chi connectivity index (χ2n) is 1.71. The van der Waals surface area contributed by atoms with Crippen LogP contribution in [0.25, 0.3) is 0 Å². The molecule has 0 bridgehead atoms. The fourth-order valence-corrected chi connectivity index (χ4v) is 0.274. The lowest BCUT2D eigenvalue weighted by Gasteiger charge is -1.92. The van der Waals surface area contributed by atoms with E-state index in [0.717, 1.165) is 5.71 Å². The summed E-state index contributed by atoms with van der Waals surface area (Å²) < 4.78 is 0. The molecule has 0 saturated heterocycles. The second-order valence-corrected chi connectivity index (χ2v) is 2.20. The first-order chi connectivity index (χ1) is 4.13. The zero-order valence-corrected chi connectivity index (χ0v) is 6.31. The summed E-state index contributed by atoms with van der Waals surface area (Å²) in [7, 11) is 0. The van der Waals surface area contributed by atoms with Gasteiger partial charge in [0.1, 0.15) is 0 Å². The maximum absolute atomic E-state index is 10.1. The number of thiol groups is 1. The van der Waals surface area contributed by atoms with Crippen LogP contribution >= 0.6 is 12.6 Å². The van der Waals surface area contributed by atoms with Crippen LogP contribution in [0.2, 0.25) is 0 Å². The van der Waals surface area contributed by atoms with E-state index in [4.69, 9.17) is 0 Å². The van der Waals surface area contributed by atoms with Crippen LogP contribution in [0.3, 0.4) is 0 Å². The van der Waals surface area contributed by atoms with Crippen molar-refractivity contribution in [2.75, 3.05) is 6.61 Å². The van der Waals surface area contributed by atoms with Gasteiger partial charge in [-0.2, -0.15) is 0 Å². The van der Waals surface area contributed by atoms with E-state index in [9.17, 15) is 4.79 Å².